The van der Waals surface area contributed by atoms with Gasteiger partial charge < -0.3 is 5.32 Å². The fourth-order valence-corrected chi connectivity index (χ4v) is 2.84. The van der Waals surface area contributed by atoms with Crippen LogP contribution in [0.15, 0.2) is 22.0 Å². The van der Waals surface area contributed by atoms with E-state index in [0.717, 1.165) is 9.35 Å². The SMILES string of the molecule is Cc1cc(C(=O)NCc2cc(Br)cs2)nc(NN)n1. The maximum Gasteiger partial charge on any atom is 0.270 e. The van der Waals surface area contributed by atoms with Gasteiger partial charge in [0.1, 0.15) is 5.69 Å². The smallest absolute Gasteiger partial charge is 0.270 e. The molecule has 4 N–H and O–H groups in total. The quantitative estimate of drug-likeness (QED) is 0.582. The van der Waals surface area contributed by atoms with Crippen molar-refractivity contribution in [3.05, 3.63) is 38.3 Å². The molecule has 0 aromatic carbocycles. The normalized spacial score (nSPS) is 10.3. The fraction of sp³-hybridized carbons (Fsp3) is 0.182. The summed E-state index contributed by atoms with van der Waals surface area (Å²) < 4.78 is 1.01. The molecule has 1 amide bonds. The Balaban J connectivity index is 2.05. The Morgan fingerprint density at radius 3 is 2.89 bits per heavy atom. The number of hydrogen-bond acceptors (Lipinski definition) is 6. The van der Waals surface area contributed by atoms with E-state index in [4.69, 9.17) is 5.84 Å². The fourth-order valence-electron chi connectivity index (χ4n) is 1.45. The van der Waals surface area contributed by atoms with Crippen LogP contribution in [0.5, 0.6) is 0 Å². The standard InChI is InChI=1S/C11H12BrN5OS/c1-6-2-9(16-11(15-6)17-13)10(18)14-4-8-3-7(12)5-19-8/h2-3,5H,4,13H2,1H3,(H,14,18)(H,15,16,17). The average molecular weight is 342 g/mol. The number of amides is 1. The zero-order chi connectivity index (χ0) is 13.8. The summed E-state index contributed by atoms with van der Waals surface area (Å²) in [7, 11) is 0. The second-order valence-corrected chi connectivity index (χ2v) is 5.69. The number of carbonyl (C=O) groups is 1. The summed E-state index contributed by atoms with van der Waals surface area (Å²) in [5.74, 6) is 5.21. The minimum Gasteiger partial charge on any atom is -0.346 e. The van der Waals surface area contributed by atoms with E-state index in [1.54, 1.807) is 24.3 Å². The Bertz CT molecular complexity index is 601. The van der Waals surface area contributed by atoms with Crippen molar-refractivity contribution in [2.75, 3.05) is 5.43 Å². The highest BCUT2D eigenvalue weighted by Crippen LogP contribution is 2.19. The van der Waals surface area contributed by atoms with Gasteiger partial charge >= 0.3 is 0 Å². The van der Waals surface area contributed by atoms with Crippen LogP contribution in [-0.4, -0.2) is 15.9 Å². The number of aromatic nitrogens is 2. The molecular weight excluding hydrogens is 330 g/mol. The first-order valence-electron chi connectivity index (χ1n) is 5.42. The number of nitrogens with zero attached hydrogens (tertiary/aromatic N) is 2. The molecule has 0 unspecified atom stereocenters. The highest BCUT2D eigenvalue weighted by atomic mass is 79.9. The lowest BCUT2D eigenvalue weighted by atomic mass is 10.3. The topological polar surface area (TPSA) is 92.9 Å². The summed E-state index contributed by atoms with van der Waals surface area (Å²) in [6.45, 7) is 2.24. The molecule has 0 aliphatic carbocycles. The molecule has 100 valence electrons. The average Bonchev–Trinajstić information content (AvgIpc) is 2.81. The van der Waals surface area contributed by atoms with E-state index in [2.05, 4.69) is 36.6 Å². The Kier molecular flexibility index (Phi) is 4.46. The van der Waals surface area contributed by atoms with E-state index in [-0.39, 0.29) is 17.5 Å². The number of halogens is 1. The van der Waals surface area contributed by atoms with Crippen LogP contribution in [0, 0.1) is 6.92 Å². The van der Waals surface area contributed by atoms with E-state index in [1.807, 2.05) is 11.4 Å². The van der Waals surface area contributed by atoms with Crippen LogP contribution < -0.4 is 16.6 Å². The molecule has 0 spiro atoms. The summed E-state index contributed by atoms with van der Waals surface area (Å²) >= 11 is 4.94. The van der Waals surface area contributed by atoms with Gasteiger partial charge in [0, 0.05) is 20.4 Å². The van der Waals surface area contributed by atoms with Crippen LogP contribution in [-0.2, 0) is 6.54 Å². The highest BCUT2D eigenvalue weighted by Gasteiger charge is 2.10. The molecular formula is C11H12BrN5OS. The van der Waals surface area contributed by atoms with Crippen LogP contribution in [0.25, 0.3) is 0 Å². The molecule has 19 heavy (non-hydrogen) atoms. The zero-order valence-corrected chi connectivity index (χ0v) is 12.5. The van der Waals surface area contributed by atoms with E-state index < -0.39 is 0 Å². The molecule has 0 fully saturated rings. The van der Waals surface area contributed by atoms with Crippen molar-refractivity contribution in [3.8, 4) is 0 Å². The van der Waals surface area contributed by atoms with Crippen molar-refractivity contribution in [3.63, 3.8) is 0 Å². The first kappa shape index (κ1) is 13.9. The molecule has 0 radical (unpaired) electrons. The van der Waals surface area contributed by atoms with Crippen LogP contribution in [0.4, 0.5) is 5.95 Å². The van der Waals surface area contributed by atoms with Gasteiger partial charge in [0.2, 0.25) is 5.95 Å². The number of nitrogens with two attached hydrogens (primary N) is 1. The lowest BCUT2D eigenvalue weighted by molar-refractivity contribution is 0.0946. The zero-order valence-electron chi connectivity index (χ0n) is 10.1. The van der Waals surface area contributed by atoms with Gasteiger partial charge in [-0.1, -0.05) is 0 Å². The molecule has 0 saturated carbocycles. The molecule has 0 bridgehead atoms. The number of aryl methyl sites for hydroxylation is 1. The Labute approximate surface area is 122 Å². The summed E-state index contributed by atoms with van der Waals surface area (Å²) in [6.07, 6.45) is 0. The van der Waals surface area contributed by atoms with Crippen molar-refractivity contribution in [2.24, 2.45) is 5.84 Å². The van der Waals surface area contributed by atoms with Gasteiger partial charge in [-0.3, -0.25) is 10.2 Å². The summed E-state index contributed by atoms with van der Waals surface area (Å²) in [6, 6.07) is 3.57. The third-order valence-corrected chi connectivity index (χ3v) is 3.96. The number of nitrogens with one attached hydrogen (secondary N) is 2. The molecule has 6 nitrogen and oxygen atoms in total. The summed E-state index contributed by atoms with van der Waals surface area (Å²) in [4.78, 5) is 21.1. The number of rotatable bonds is 4. The molecule has 8 heteroatoms. The minimum absolute atomic E-state index is 0.226. The van der Waals surface area contributed by atoms with Gasteiger partial charge in [0.15, 0.2) is 0 Å². The van der Waals surface area contributed by atoms with Gasteiger partial charge in [-0.25, -0.2) is 15.8 Å². The molecule has 2 rings (SSSR count). The van der Waals surface area contributed by atoms with Gasteiger partial charge in [-0.05, 0) is 35.0 Å². The molecule has 0 saturated heterocycles. The van der Waals surface area contributed by atoms with Gasteiger partial charge in [-0.15, -0.1) is 11.3 Å². The Morgan fingerprint density at radius 1 is 1.47 bits per heavy atom. The van der Waals surface area contributed by atoms with Crippen molar-refractivity contribution >= 4 is 39.1 Å². The van der Waals surface area contributed by atoms with Crippen molar-refractivity contribution in [1.29, 1.82) is 0 Å². The predicted octanol–water partition coefficient (Wildman–Crippen LogP) is 1.82. The van der Waals surface area contributed by atoms with Crippen LogP contribution >= 0.6 is 27.3 Å². The second-order valence-electron chi connectivity index (χ2n) is 3.78. The van der Waals surface area contributed by atoms with Gasteiger partial charge in [0.25, 0.3) is 5.91 Å². The van der Waals surface area contributed by atoms with E-state index in [1.165, 1.54) is 0 Å². The monoisotopic (exact) mass is 341 g/mol. The van der Waals surface area contributed by atoms with Crippen LogP contribution in [0.2, 0.25) is 0 Å². The van der Waals surface area contributed by atoms with Gasteiger partial charge in [-0.2, -0.15) is 0 Å². The minimum atomic E-state index is -0.258. The first-order chi connectivity index (χ1) is 9.08. The van der Waals surface area contributed by atoms with E-state index in [9.17, 15) is 4.79 Å². The third-order valence-electron chi connectivity index (χ3n) is 2.26. The lowest BCUT2D eigenvalue weighted by Crippen LogP contribution is -2.24. The maximum atomic E-state index is 12.0. The lowest BCUT2D eigenvalue weighted by Gasteiger charge is -2.05. The van der Waals surface area contributed by atoms with Crippen molar-refractivity contribution in [1.82, 2.24) is 15.3 Å². The number of hydrogen-bond donors (Lipinski definition) is 3. The number of nitrogen functional groups attached to an aromatic ring is 1. The maximum absolute atomic E-state index is 12.0. The third kappa shape index (κ3) is 3.72. The molecule has 2 aromatic heterocycles. The summed E-state index contributed by atoms with van der Waals surface area (Å²) in [5, 5.41) is 4.76. The van der Waals surface area contributed by atoms with Crippen LogP contribution in [0.3, 0.4) is 0 Å². The number of thiophene rings is 1. The Morgan fingerprint density at radius 2 is 2.26 bits per heavy atom. The molecule has 2 heterocycles. The highest BCUT2D eigenvalue weighted by molar-refractivity contribution is 9.10. The predicted molar refractivity (Wildman–Crippen MR) is 77.8 cm³/mol. The van der Waals surface area contributed by atoms with Crippen LogP contribution in [0.1, 0.15) is 21.1 Å². The van der Waals surface area contributed by atoms with Crippen molar-refractivity contribution in [2.45, 2.75) is 13.5 Å². The molecule has 0 atom stereocenters. The van der Waals surface area contributed by atoms with E-state index >= 15 is 0 Å². The molecule has 0 aliphatic heterocycles. The number of anilines is 1. The first-order valence-corrected chi connectivity index (χ1v) is 7.09. The van der Waals surface area contributed by atoms with Crippen molar-refractivity contribution < 1.29 is 4.79 Å². The molecule has 2 aromatic rings. The largest absolute Gasteiger partial charge is 0.346 e. The molecule has 0 aliphatic rings. The Hall–Kier alpha value is -1.51. The number of hydrazine groups is 1. The van der Waals surface area contributed by atoms with Gasteiger partial charge in [0.05, 0.1) is 6.54 Å². The second kappa shape index (κ2) is 6.09. The summed E-state index contributed by atoms with van der Waals surface area (Å²) in [5.41, 5.74) is 3.29. The number of carbonyl (C=O) groups excluding carboxylic acids is 1. The van der Waals surface area contributed by atoms with E-state index in [0.29, 0.717) is 12.2 Å².